The minimum absolute atomic E-state index is 0.109. The molecule has 0 aliphatic rings. The number of nitrogens with one attached hydrogen (secondary N) is 1. The fraction of sp³-hybridized carbons (Fsp3) is 0.615. The van der Waals surface area contributed by atoms with Gasteiger partial charge in [0.05, 0.1) is 19.2 Å². The van der Waals surface area contributed by atoms with Gasteiger partial charge in [-0.2, -0.15) is 0 Å². The standard InChI is InChI=1S/C13H21NO3/c1-5-13(3,6-2)14-8-11-7-10(9-17-11)12(15)16-4/h7,9,14H,5-6,8H2,1-4H3. The van der Waals surface area contributed by atoms with Crippen LogP contribution in [-0.2, 0) is 11.3 Å². The Morgan fingerprint density at radius 1 is 1.47 bits per heavy atom. The SMILES string of the molecule is CCC(C)(CC)NCc1cc(C(=O)OC)co1. The van der Waals surface area contributed by atoms with Gasteiger partial charge in [0.25, 0.3) is 0 Å². The van der Waals surface area contributed by atoms with Gasteiger partial charge in [0, 0.05) is 5.54 Å². The third-order valence-corrected chi connectivity index (χ3v) is 3.32. The number of hydrogen-bond donors (Lipinski definition) is 1. The van der Waals surface area contributed by atoms with Crippen molar-refractivity contribution in [2.45, 2.75) is 45.7 Å². The lowest BCUT2D eigenvalue weighted by atomic mass is 9.95. The molecule has 0 aliphatic heterocycles. The lowest BCUT2D eigenvalue weighted by molar-refractivity contribution is 0.0600. The Morgan fingerprint density at radius 2 is 2.12 bits per heavy atom. The van der Waals surface area contributed by atoms with Crippen LogP contribution in [0.3, 0.4) is 0 Å². The normalized spacial score (nSPS) is 11.5. The van der Waals surface area contributed by atoms with Crippen molar-refractivity contribution < 1.29 is 13.9 Å². The third-order valence-electron chi connectivity index (χ3n) is 3.32. The smallest absolute Gasteiger partial charge is 0.341 e. The van der Waals surface area contributed by atoms with E-state index in [1.165, 1.54) is 13.4 Å². The van der Waals surface area contributed by atoms with Gasteiger partial charge in [-0.05, 0) is 25.8 Å². The molecule has 0 saturated heterocycles. The summed E-state index contributed by atoms with van der Waals surface area (Å²) in [4.78, 5) is 11.2. The first kappa shape index (κ1) is 13.8. The van der Waals surface area contributed by atoms with E-state index in [0.29, 0.717) is 12.1 Å². The van der Waals surface area contributed by atoms with E-state index in [1.54, 1.807) is 6.07 Å². The number of carbonyl (C=O) groups is 1. The molecule has 4 heteroatoms. The molecular weight excluding hydrogens is 218 g/mol. The fourth-order valence-corrected chi connectivity index (χ4v) is 1.50. The van der Waals surface area contributed by atoms with Crippen molar-refractivity contribution in [2.24, 2.45) is 0 Å². The maximum absolute atomic E-state index is 11.2. The second kappa shape index (κ2) is 5.87. The molecule has 0 amide bonds. The van der Waals surface area contributed by atoms with Crippen molar-refractivity contribution in [3.8, 4) is 0 Å². The summed E-state index contributed by atoms with van der Waals surface area (Å²) < 4.78 is 9.93. The van der Waals surface area contributed by atoms with E-state index in [1.807, 2.05) is 0 Å². The maximum Gasteiger partial charge on any atom is 0.341 e. The summed E-state index contributed by atoms with van der Waals surface area (Å²) in [6.07, 6.45) is 3.53. The van der Waals surface area contributed by atoms with Gasteiger partial charge in [0.15, 0.2) is 0 Å². The predicted octanol–water partition coefficient (Wildman–Crippen LogP) is 2.73. The molecule has 1 N–H and O–H groups in total. The Labute approximate surface area is 102 Å². The average molecular weight is 239 g/mol. The number of furan rings is 1. The first-order chi connectivity index (χ1) is 8.04. The Balaban J connectivity index is 2.58. The van der Waals surface area contributed by atoms with Crippen LogP contribution >= 0.6 is 0 Å². The van der Waals surface area contributed by atoms with Crippen molar-refractivity contribution in [2.75, 3.05) is 7.11 Å². The summed E-state index contributed by atoms with van der Waals surface area (Å²) in [5.41, 5.74) is 0.567. The van der Waals surface area contributed by atoms with Crippen LogP contribution in [0, 0.1) is 0 Å². The number of carbonyl (C=O) groups excluding carboxylic acids is 1. The second-order valence-electron chi connectivity index (χ2n) is 4.41. The van der Waals surface area contributed by atoms with Crippen molar-refractivity contribution >= 4 is 5.97 Å². The summed E-state index contributed by atoms with van der Waals surface area (Å²) in [6.45, 7) is 7.10. The predicted molar refractivity (Wildman–Crippen MR) is 65.9 cm³/mol. The quantitative estimate of drug-likeness (QED) is 0.775. The van der Waals surface area contributed by atoms with Crippen LogP contribution in [0.5, 0.6) is 0 Å². The maximum atomic E-state index is 11.2. The second-order valence-corrected chi connectivity index (χ2v) is 4.41. The molecule has 0 aliphatic carbocycles. The molecule has 0 atom stereocenters. The summed E-state index contributed by atoms with van der Waals surface area (Å²) in [7, 11) is 1.36. The molecule has 0 fully saturated rings. The van der Waals surface area contributed by atoms with Crippen LogP contribution in [0.15, 0.2) is 16.7 Å². The Bertz CT molecular complexity index is 366. The van der Waals surface area contributed by atoms with E-state index in [0.717, 1.165) is 18.6 Å². The Morgan fingerprint density at radius 3 is 2.65 bits per heavy atom. The zero-order chi connectivity index (χ0) is 12.9. The van der Waals surface area contributed by atoms with Crippen LogP contribution in [-0.4, -0.2) is 18.6 Å². The minimum Gasteiger partial charge on any atom is -0.467 e. The molecule has 1 heterocycles. The highest BCUT2D eigenvalue weighted by Crippen LogP contribution is 2.16. The molecule has 1 aromatic rings. The summed E-state index contributed by atoms with van der Waals surface area (Å²) in [5, 5.41) is 3.44. The first-order valence-corrected chi connectivity index (χ1v) is 5.95. The molecule has 4 nitrogen and oxygen atoms in total. The number of ether oxygens (including phenoxy) is 1. The van der Waals surface area contributed by atoms with E-state index in [-0.39, 0.29) is 11.5 Å². The highest BCUT2D eigenvalue weighted by molar-refractivity contribution is 5.88. The monoisotopic (exact) mass is 239 g/mol. The molecule has 0 spiro atoms. The van der Waals surface area contributed by atoms with Crippen LogP contribution in [0.1, 0.15) is 49.7 Å². The molecule has 0 saturated carbocycles. The first-order valence-electron chi connectivity index (χ1n) is 5.95. The largest absolute Gasteiger partial charge is 0.467 e. The molecule has 17 heavy (non-hydrogen) atoms. The molecule has 0 aromatic carbocycles. The summed E-state index contributed by atoms with van der Waals surface area (Å²) in [5.74, 6) is 0.382. The number of methoxy groups -OCH3 is 1. The molecule has 0 unspecified atom stereocenters. The van der Waals surface area contributed by atoms with Crippen LogP contribution < -0.4 is 5.32 Å². The Hall–Kier alpha value is -1.29. The molecule has 1 rings (SSSR count). The van der Waals surface area contributed by atoms with Crippen LogP contribution in [0.4, 0.5) is 0 Å². The van der Waals surface area contributed by atoms with E-state index in [2.05, 4.69) is 30.8 Å². The minimum atomic E-state index is -0.367. The van der Waals surface area contributed by atoms with Gasteiger partial charge < -0.3 is 14.5 Å². The zero-order valence-corrected chi connectivity index (χ0v) is 11.0. The van der Waals surface area contributed by atoms with Gasteiger partial charge >= 0.3 is 5.97 Å². The van der Waals surface area contributed by atoms with E-state index in [4.69, 9.17) is 4.42 Å². The lowest BCUT2D eigenvalue weighted by Crippen LogP contribution is -2.40. The van der Waals surface area contributed by atoms with Crippen molar-refractivity contribution in [3.05, 3.63) is 23.7 Å². The van der Waals surface area contributed by atoms with Gasteiger partial charge in [-0.25, -0.2) is 4.79 Å². The number of esters is 1. The molecule has 0 bridgehead atoms. The van der Waals surface area contributed by atoms with Crippen molar-refractivity contribution in [1.82, 2.24) is 5.32 Å². The van der Waals surface area contributed by atoms with E-state index >= 15 is 0 Å². The highest BCUT2D eigenvalue weighted by Gasteiger charge is 2.19. The van der Waals surface area contributed by atoms with E-state index < -0.39 is 0 Å². The lowest BCUT2D eigenvalue weighted by Gasteiger charge is -2.27. The molecule has 1 aromatic heterocycles. The summed E-state index contributed by atoms with van der Waals surface area (Å²) >= 11 is 0. The van der Waals surface area contributed by atoms with Crippen molar-refractivity contribution in [3.63, 3.8) is 0 Å². The topological polar surface area (TPSA) is 51.5 Å². The number of rotatable bonds is 6. The van der Waals surface area contributed by atoms with Gasteiger partial charge in [-0.3, -0.25) is 0 Å². The zero-order valence-electron chi connectivity index (χ0n) is 11.0. The van der Waals surface area contributed by atoms with Crippen molar-refractivity contribution in [1.29, 1.82) is 0 Å². The van der Waals surface area contributed by atoms with Gasteiger partial charge in [-0.1, -0.05) is 13.8 Å². The average Bonchev–Trinajstić information content (AvgIpc) is 2.84. The molecule has 0 radical (unpaired) electrons. The van der Waals surface area contributed by atoms with Gasteiger partial charge in [0.2, 0.25) is 0 Å². The van der Waals surface area contributed by atoms with Gasteiger partial charge in [0.1, 0.15) is 12.0 Å². The van der Waals surface area contributed by atoms with Crippen LogP contribution in [0.2, 0.25) is 0 Å². The molecule has 96 valence electrons. The van der Waals surface area contributed by atoms with Crippen LogP contribution in [0.25, 0.3) is 0 Å². The third kappa shape index (κ3) is 3.60. The molecular formula is C13H21NO3. The number of hydrogen-bond acceptors (Lipinski definition) is 4. The fourth-order valence-electron chi connectivity index (χ4n) is 1.50. The summed E-state index contributed by atoms with van der Waals surface area (Å²) in [6, 6.07) is 1.71. The van der Waals surface area contributed by atoms with Gasteiger partial charge in [-0.15, -0.1) is 0 Å². The Kier molecular flexibility index (Phi) is 4.75. The highest BCUT2D eigenvalue weighted by atomic mass is 16.5. The van der Waals surface area contributed by atoms with E-state index in [9.17, 15) is 4.79 Å².